The summed E-state index contributed by atoms with van der Waals surface area (Å²) in [6.45, 7) is -3.81. The molecule has 0 aliphatic carbocycles. The van der Waals surface area contributed by atoms with E-state index in [-0.39, 0.29) is 0 Å². The van der Waals surface area contributed by atoms with Crippen molar-refractivity contribution in [3.63, 3.8) is 0 Å². The van der Waals surface area contributed by atoms with E-state index in [0.29, 0.717) is 0 Å². The van der Waals surface area contributed by atoms with E-state index in [9.17, 15) is 106 Å². The van der Waals surface area contributed by atoms with Crippen LogP contribution in [-0.2, 0) is 57.1 Å². The third kappa shape index (κ3) is 12.5. The molecule has 4 saturated heterocycles. The summed E-state index contributed by atoms with van der Waals surface area (Å²) in [5.41, 5.74) is 0. The molecule has 4 aliphatic rings. The van der Waals surface area contributed by atoms with Gasteiger partial charge in [0.2, 0.25) is 17.7 Å². The fourth-order valence-corrected chi connectivity index (χ4v) is 8.04. The first kappa shape index (κ1) is 56.1. The van der Waals surface area contributed by atoms with Gasteiger partial charge in [-0.15, -0.1) is 0 Å². The number of nitrogens with one attached hydrogen (secondary N) is 3. The Kier molecular flexibility index (Phi) is 19.6. The molecule has 0 aromatic rings. The van der Waals surface area contributed by atoms with Gasteiger partial charge in [-0.3, -0.25) is 14.4 Å². The van der Waals surface area contributed by atoms with E-state index < -0.39 is 209 Å². The molecule has 1 unspecified atom stereocenters. The molecule has 4 heterocycles. The molecular weight excluding hydrogens is 922 g/mol. The number of aliphatic carboxylic acids is 2. The average molecular weight is 982 g/mol. The predicted molar refractivity (Wildman–Crippen MR) is 204 cm³/mol. The number of carboxylic acid groups (broad SMARTS) is 2. The van der Waals surface area contributed by atoms with Gasteiger partial charge in [-0.05, 0) is 0 Å². The Bertz CT molecular complexity index is 1700. The van der Waals surface area contributed by atoms with Crippen LogP contribution in [0.25, 0.3) is 0 Å². The highest BCUT2D eigenvalue weighted by Gasteiger charge is 2.61. The number of carbonyl (C=O) groups is 5. The zero-order valence-electron chi connectivity index (χ0n) is 35.6. The zero-order chi connectivity index (χ0) is 50.5. The number of ether oxygens (including phenoxy) is 7. The highest BCUT2D eigenvalue weighted by atomic mass is 16.8. The topological polar surface area (TPSA) is 510 Å². The molecule has 0 saturated carbocycles. The minimum absolute atomic E-state index is 0.828. The number of aliphatic hydroxyl groups excluding tert-OH is 14. The molecule has 67 heavy (non-hydrogen) atoms. The minimum atomic E-state index is -3.20. The fourth-order valence-electron chi connectivity index (χ4n) is 8.04. The number of amides is 3. The van der Waals surface area contributed by atoms with Crippen LogP contribution in [0.15, 0.2) is 0 Å². The number of carbonyl (C=O) groups excluding carboxylic acids is 3. The Morgan fingerprint density at radius 1 is 0.642 bits per heavy atom. The summed E-state index contributed by atoms with van der Waals surface area (Å²) in [6.07, 6.45) is -38.7. The van der Waals surface area contributed by atoms with Crippen LogP contribution < -0.4 is 16.0 Å². The number of carboxylic acids is 2. The number of hydrogen-bond donors (Lipinski definition) is 19. The first-order valence-electron chi connectivity index (χ1n) is 20.5. The van der Waals surface area contributed by atoms with Crippen LogP contribution in [0.1, 0.15) is 26.7 Å². The molecule has 22 atom stereocenters. The van der Waals surface area contributed by atoms with Gasteiger partial charge in [0.05, 0.1) is 50.7 Å². The van der Waals surface area contributed by atoms with Gasteiger partial charge in [-0.25, -0.2) is 9.59 Å². The van der Waals surface area contributed by atoms with Crippen molar-refractivity contribution in [2.75, 3.05) is 33.0 Å². The van der Waals surface area contributed by atoms with Crippen molar-refractivity contribution < 1.29 is 139 Å². The van der Waals surface area contributed by atoms with Crippen LogP contribution in [0.2, 0.25) is 0 Å². The first-order chi connectivity index (χ1) is 31.3. The number of hydrogen-bond acceptors (Lipinski definition) is 26. The molecule has 0 radical (unpaired) electrons. The van der Waals surface area contributed by atoms with Crippen molar-refractivity contribution in [3.8, 4) is 0 Å². The SMILES string of the molecule is CC(=O)N[C@H]1[C@H]([C@H](O)[C@H](O)CO)O[C@@](O[C@H]2[C@@H](O)[C@@H](CO)O[C@@H](O[C@H]3[C@@H](O)[C@@H](CO[C@]4(C(=O)O)C[C@H](O)[C@@H](NC(=O)CO)[C@H]([C@H](O)[C@H](O)CO)O4)OC(O)[C@@H]3NC(C)=O)[C@@H]2O)(C(=O)O)C[C@@H]1O. The van der Waals surface area contributed by atoms with Gasteiger partial charge in [0.25, 0.3) is 11.6 Å². The van der Waals surface area contributed by atoms with Crippen LogP contribution in [0, 0.1) is 0 Å². The van der Waals surface area contributed by atoms with Gasteiger partial charge < -0.3 is 131 Å². The zero-order valence-corrected chi connectivity index (χ0v) is 35.6. The number of aliphatic hydroxyl groups is 14. The molecule has 4 fully saturated rings. The highest BCUT2D eigenvalue weighted by Crippen LogP contribution is 2.39. The lowest BCUT2D eigenvalue weighted by atomic mass is 9.88. The largest absolute Gasteiger partial charge is 0.477 e. The molecule has 19 N–H and O–H groups in total. The second kappa shape index (κ2) is 23.4. The van der Waals surface area contributed by atoms with Crippen LogP contribution in [-0.4, -0.2) is 278 Å². The molecule has 0 aromatic heterocycles. The smallest absolute Gasteiger partial charge is 0.364 e. The van der Waals surface area contributed by atoms with Crippen LogP contribution in [0.5, 0.6) is 0 Å². The lowest BCUT2D eigenvalue weighted by Crippen LogP contribution is -2.71. The van der Waals surface area contributed by atoms with E-state index in [1.807, 2.05) is 0 Å². The molecule has 31 heteroatoms. The van der Waals surface area contributed by atoms with Crippen LogP contribution >= 0.6 is 0 Å². The maximum absolute atomic E-state index is 12.9. The summed E-state index contributed by atoms with van der Waals surface area (Å²) >= 11 is 0. The van der Waals surface area contributed by atoms with Gasteiger partial charge in [0, 0.05) is 26.7 Å². The van der Waals surface area contributed by atoms with E-state index in [2.05, 4.69) is 16.0 Å². The maximum atomic E-state index is 12.9. The molecule has 31 nitrogen and oxygen atoms in total. The van der Waals surface area contributed by atoms with Gasteiger partial charge in [0.15, 0.2) is 12.6 Å². The highest BCUT2D eigenvalue weighted by molar-refractivity contribution is 5.78. The Balaban J connectivity index is 1.66. The van der Waals surface area contributed by atoms with Gasteiger partial charge in [0.1, 0.15) is 92.0 Å². The maximum Gasteiger partial charge on any atom is 0.364 e. The van der Waals surface area contributed by atoms with E-state index in [0.717, 1.165) is 13.8 Å². The third-order valence-corrected chi connectivity index (χ3v) is 11.5. The van der Waals surface area contributed by atoms with Crippen molar-refractivity contribution >= 4 is 29.7 Å². The molecule has 4 aliphatic heterocycles. The molecule has 0 aromatic carbocycles. The van der Waals surface area contributed by atoms with E-state index >= 15 is 0 Å². The molecule has 386 valence electrons. The monoisotopic (exact) mass is 981 g/mol. The van der Waals surface area contributed by atoms with E-state index in [1.54, 1.807) is 0 Å². The molecule has 3 amide bonds. The summed E-state index contributed by atoms with van der Waals surface area (Å²) in [6, 6.07) is -5.25. The summed E-state index contributed by atoms with van der Waals surface area (Å²) in [5, 5.41) is 175. The second-order valence-electron chi connectivity index (χ2n) is 16.3. The van der Waals surface area contributed by atoms with Gasteiger partial charge in [-0.1, -0.05) is 0 Å². The Labute approximate surface area is 377 Å². The average Bonchev–Trinajstić information content (AvgIpc) is 3.27. The summed E-state index contributed by atoms with van der Waals surface area (Å²) < 4.78 is 39.0. The van der Waals surface area contributed by atoms with Crippen LogP contribution in [0.3, 0.4) is 0 Å². The van der Waals surface area contributed by atoms with Gasteiger partial charge >= 0.3 is 11.9 Å². The van der Waals surface area contributed by atoms with E-state index in [1.165, 1.54) is 0 Å². The summed E-state index contributed by atoms with van der Waals surface area (Å²) in [4.78, 5) is 61.9. The second-order valence-corrected chi connectivity index (χ2v) is 16.3. The standard InChI is InChI=1S/C36H59N3O28/c1-10(44)37-19-13(47)4-36(34(59)60,66-28(19)22(51)14(48)5-40)67-30-24(53)16(7-42)63-32(26(30)55)64-27-21(38-11(2)45)31(56)62-17(25(27)54)9-61-35(33(57)58)3-12(46)20(39-18(50)8-43)29(65-35)23(52)15(49)6-41/h12-17,19-32,40-43,46-49,51-56H,3-9H2,1-2H3,(H,37,44)(H,38,45)(H,39,50)(H,57,58)(H,59,60)/t12-,13-,14+,15+,16+,17+,19+,20+,21+,22+,23+,24-,25-,26+,27+,28+,29+,30-,31?,32-,35+,36-/m0/s1. The lowest BCUT2D eigenvalue weighted by Gasteiger charge is -2.51. The van der Waals surface area contributed by atoms with Crippen molar-refractivity contribution in [2.45, 2.75) is 161 Å². The normalized spacial score (nSPS) is 41.0. The predicted octanol–water partition coefficient (Wildman–Crippen LogP) is -11.9. The fraction of sp³-hybridized carbons (Fsp3) is 0.861. The Morgan fingerprint density at radius 2 is 1.12 bits per heavy atom. The van der Waals surface area contributed by atoms with Crippen molar-refractivity contribution in [3.05, 3.63) is 0 Å². The Morgan fingerprint density at radius 3 is 1.60 bits per heavy atom. The van der Waals surface area contributed by atoms with Crippen molar-refractivity contribution in [1.29, 1.82) is 0 Å². The van der Waals surface area contributed by atoms with Gasteiger partial charge in [-0.2, -0.15) is 0 Å². The lowest BCUT2D eigenvalue weighted by molar-refractivity contribution is -0.382. The third-order valence-electron chi connectivity index (χ3n) is 11.5. The quantitative estimate of drug-likeness (QED) is 0.0538. The Hall–Kier alpha value is -3.49. The first-order valence-corrected chi connectivity index (χ1v) is 20.5. The molecule has 0 spiro atoms. The van der Waals surface area contributed by atoms with E-state index in [4.69, 9.17) is 33.2 Å². The molecule has 4 rings (SSSR count). The van der Waals surface area contributed by atoms with Crippen LogP contribution in [0.4, 0.5) is 0 Å². The summed E-state index contributed by atoms with van der Waals surface area (Å²) in [7, 11) is 0. The minimum Gasteiger partial charge on any atom is -0.477 e. The van der Waals surface area contributed by atoms with Crippen molar-refractivity contribution in [1.82, 2.24) is 16.0 Å². The van der Waals surface area contributed by atoms with Crippen molar-refractivity contribution in [2.24, 2.45) is 0 Å². The number of rotatable bonds is 20. The molecular formula is C36H59N3O28. The molecule has 0 bridgehead atoms. The summed E-state index contributed by atoms with van der Waals surface area (Å²) in [5.74, 6) is -13.2.